The number of nitrogens with zero attached hydrogens (tertiary/aromatic N) is 2. The summed E-state index contributed by atoms with van der Waals surface area (Å²) < 4.78 is 17.0. The van der Waals surface area contributed by atoms with Gasteiger partial charge in [-0.25, -0.2) is 0 Å². The van der Waals surface area contributed by atoms with Gasteiger partial charge in [0.2, 0.25) is 5.91 Å². The molecule has 0 unspecified atom stereocenters. The molecule has 2 aliphatic heterocycles. The van der Waals surface area contributed by atoms with E-state index < -0.39 is 0 Å². The lowest BCUT2D eigenvalue weighted by Gasteiger charge is -2.43. The Labute approximate surface area is 186 Å². The number of nitrogens with one attached hydrogen (secondary N) is 1. The van der Waals surface area contributed by atoms with Crippen molar-refractivity contribution in [3.05, 3.63) is 23.8 Å². The molecule has 172 valence electrons. The number of amides is 1. The van der Waals surface area contributed by atoms with Crippen LogP contribution in [0, 0.1) is 0 Å². The highest BCUT2D eigenvalue weighted by atomic mass is 16.5. The summed E-state index contributed by atoms with van der Waals surface area (Å²) in [6, 6.07) is 5.98. The van der Waals surface area contributed by atoms with Gasteiger partial charge in [0.25, 0.3) is 0 Å². The lowest BCUT2D eigenvalue weighted by atomic mass is 9.94. The van der Waals surface area contributed by atoms with Crippen LogP contribution in [0.1, 0.15) is 44.6 Å². The molecule has 7 heteroatoms. The predicted molar refractivity (Wildman–Crippen MR) is 120 cm³/mol. The number of carbonyl (C=O) groups is 1. The summed E-state index contributed by atoms with van der Waals surface area (Å²) in [4.78, 5) is 17.6. The van der Waals surface area contributed by atoms with E-state index in [2.05, 4.69) is 28.1 Å². The number of morpholine rings is 1. The molecule has 3 aliphatic rings. The van der Waals surface area contributed by atoms with E-state index in [1.54, 1.807) is 7.11 Å². The fourth-order valence-corrected chi connectivity index (χ4v) is 5.28. The molecule has 1 saturated heterocycles. The minimum Gasteiger partial charge on any atom is -0.497 e. The second kappa shape index (κ2) is 10.2. The molecule has 1 amide bonds. The number of hydrogen-bond donors (Lipinski definition) is 1. The molecule has 1 aliphatic carbocycles. The van der Waals surface area contributed by atoms with Gasteiger partial charge in [0, 0.05) is 62.9 Å². The third-order valence-electron chi connectivity index (χ3n) is 7.00. The molecule has 0 radical (unpaired) electrons. The molecular formula is C24H37N3O4. The summed E-state index contributed by atoms with van der Waals surface area (Å²) in [7, 11) is 1.67. The fraction of sp³-hybridized carbons (Fsp3) is 0.708. The minimum absolute atomic E-state index is 0.0690. The van der Waals surface area contributed by atoms with Gasteiger partial charge in [-0.3, -0.25) is 14.6 Å². The van der Waals surface area contributed by atoms with Crippen molar-refractivity contribution in [1.82, 2.24) is 15.1 Å². The quantitative estimate of drug-likeness (QED) is 0.716. The van der Waals surface area contributed by atoms with E-state index in [0.717, 1.165) is 69.5 Å². The van der Waals surface area contributed by atoms with Gasteiger partial charge in [-0.1, -0.05) is 18.9 Å². The van der Waals surface area contributed by atoms with Crippen LogP contribution in [0.2, 0.25) is 0 Å². The van der Waals surface area contributed by atoms with Gasteiger partial charge in [-0.15, -0.1) is 0 Å². The molecule has 1 aromatic rings. The molecule has 0 bridgehead atoms. The highest BCUT2D eigenvalue weighted by Gasteiger charge is 2.40. The van der Waals surface area contributed by atoms with Crippen LogP contribution in [0.25, 0.3) is 0 Å². The Morgan fingerprint density at radius 2 is 2.03 bits per heavy atom. The lowest BCUT2D eigenvalue weighted by Crippen LogP contribution is -2.57. The van der Waals surface area contributed by atoms with Crippen LogP contribution in [0.3, 0.4) is 0 Å². The molecule has 1 atom stereocenters. The molecule has 4 rings (SSSR count). The Bertz CT molecular complexity index is 744. The second-order valence-corrected chi connectivity index (χ2v) is 9.19. The summed E-state index contributed by atoms with van der Waals surface area (Å²) in [6.45, 7) is 8.72. The zero-order valence-electron chi connectivity index (χ0n) is 19.0. The van der Waals surface area contributed by atoms with Crippen LogP contribution in [-0.2, 0) is 16.1 Å². The minimum atomic E-state index is 0.0690. The fourth-order valence-electron chi connectivity index (χ4n) is 5.28. The first-order chi connectivity index (χ1) is 15.1. The van der Waals surface area contributed by atoms with E-state index in [9.17, 15) is 4.79 Å². The number of benzene rings is 1. The Kier molecular flexibility index (Phi) is 7.35. The van der Waals surface area contributed by atoms with E-state index in [4.69, 9.17) is 14.2 Å². The van der Waals surface area contributed by atoms with Crippen molar-refractivity contribution in [2.45, 2.75) is 57.2 Å². The second-order valence-electron chi connectivity index (χ2n) is 9.19. The summed E-state index contributed by atoms with van der Waals surface area (Å²) in [5.41, 5.74) is 1.27. The van der Waals surface area contributed by atoms with Crippen molar-refractivity contribution >= 4 is 5.91 Å². The average Bonchev–Trinajstić information content (AvgIpc) is 3.21. The third kappa shape index (κ3) is 5.51. The molecule has 1 saturated carbocycles. The van der Waals surface area contributed by atoms with Gasteiger partial charge in [0.1, 0.15) is 17.6 Å². The van der Waals surface area contributed by atoms with Crippen molar-refractivity contribution in [2.24, 2.45) is 0 Å². The van der Waals surface area contributed by atoms with Crippen LogP contribution in [0.15, 0.2) is 18.2 Å². The van der Waals surface area contributed by atoms with E-state index in [0.29, 0.717) is 6.42 Å². The van der Waals surface area contributed by atoms with Crippen LogP contribution < -0.4 is 14.8 Å². The number of hydrogen-bond acceptors (Lipinski definition) is 6. The zero-order chi connectivity index (χ0) is 21.7. The molecule has 0 aromatic heterocycles. The van der Waals surface area contributed by atoms with Crippen molar-refractivity contribution in [3.8, 4) is 11.5 Å². The first-order valence-corrected chi connectivity index (χ1v) is 11.7. The first kappa shape index (κ1) is 22.4. The van der Waals surface area contributed by atoms with Crippen molar-refractivity contribution in [3.63, 3.8) is 0 Å². The standard InChI is InChI=1S/C24H37N3O4/c1-19-16-26(17-20-5-6-21(29-2)15-22(20)31-19)10-7-23(28)25-18-24(8-3-4-9-24)27-11-13-30-14-12-27/h5-6,15,19H,3-4,7-14,16-18H2,1-2H3,(H,25,28)/t19-/m1/s1. The van der Waals surface area contributed by atoms with Crippen LogP contribution in [0.4, 0.5) is 0 Å². The lowest BCUT2D eigenvalue weighted by molar-refractivity contribution is -0.122. The topological polar surface area (TPSA) is 63.3 Å². The van der Waals surface area contributed by atoms with Crippen molar-refractivity contribution in [1.29, 1.82) is 0 Å². The highest BCUT2D eigenvalue weighted by molar-refractivity contribution is 5.76. The van der Waals surface area contributed by atoms with Gasteiger partial charge < -0.3 is 19.5 Å². The van der Waals surface area contributed by atoms with Crippen molar-refractivity contribution in [2.75, 3.05) is 53.0 Å². The summed E-state index contributed by atoms with van der Waals surface area (Å²) in [5, 5.41) is 3.27. The third-order valence-corrected chi connectivity index (χ3v) is 7.00. The molecule has 1 N–H and O–H groups in total. The smallest absolute Gasteiger partial charge is 0.221 e. The van der Waals surface area contributed by atoms with E-state index in [-0.39, 0.29) is 17.6 Å². The van der Waals surface area contributed by atoms with Crippen LogP contribution in [-0.4, -0.2) is 80.4 Å². The van der Waals surface area contributed by atoms with Gasteiger partial charge in [0.15, 0.2) is 0 Å². The number of ether oxygens (including phenoxy) is 3. The highest BCUT2D eigenvalue weighted by Crippen LogP contribution is 2.35. The SMILES string of the molecule is COc1ccc2c(c1)O[C@H](C)CN(CCC(=O)NCC1(N3CCOCC3)CCCC1)C2. The number of fused-ring (bicyclic) bond motifs is 1. The van der Waals surface area contributed by atoms with Gasteiger partial charge >= 0.3 is 0 Å². The molecule has 2 fully saturated rings. The summed E-state index contributed by atoms with van der Waals surface area (Å²) >= 11 is 0. The maximum absolute atomic E-state index is 12.7. The van der Waals surface area contributed by atoms with E-state index in [1.807, 2.05) is 12.1 Å². The Morgan fingerprint density at radius 1 is 1.26 bits per heavy atom. The molecule has 2 heterocycles. The monoisotopic (exact) mass is 431 g/mol. The molecule has 31 heavy (non-hydrogen) atoms. The number of rotatable bonds is 7. The Morgan fingerprint density at radius 3 is 2.77 bits per heavy atom. The number of methoxy groups -OCH3 is 1. The summed E-state index contributed by atoms with van der Waals surface area (Å²) in [6.07, 6.45) is 5.44. The van der Waals surface area contributed by atoms with Gasteiger partial charge in [0.05, 0.1) is 20.3 Å². The zero-order valence-corrected chi connectivity index (χ0v) is 19.0. The van der Waals surface area contributed by atoms with Crippen LogP contribution in [0.5, 0.6) is 11.5 Å². The Balaban J connectivity index is 1.29. The predicted octanol–water partition coefficient (Wildman–Crippen LogP) is 2.43. The Hall–Kier alpha value is -1.83. The van der Waals surface area contributed by atoms with Gasteiger partial charge in [-0.05, 0) is 25.8 Å². The van der Waals surface area contributed by atoms with E-state index >= 15 is 0 Å². The van der Waals surface area contributed by atoms with E-state index in [1.165, 1.54) is 25.7 Å². The average molecular weight is 432 g/mol. The maximum Gasteiger partial charge on any atom is 0.221 e. The normalized spacial score (nSPS) is 24.1. The first-order valence-electron chi connectivity index (χ1n) is 11.7. The van der Waals surface area contributed by atoms with Gasteiger partial charge in [-0.2, -0.15) is 0 Å². The molecule has 0 spiro atoms. The van der Waals surface area contributed by atoms with Crippen molar-refractivity contribution < 1.29 is 19.0 Å². The van der Waals surface area contributed by atoms with Crippen LogP contribution >= 0.6 is 0 Å². The summed E-state index contributed by atoms with van der Waals surface area (Å²) in [5.74, 6) is 1.83. The maximum atomic E-state index is 12.7. The molecule has 7 nitrogen and oxygen atoms in total. The molecule has 1 aromatic carbocycles. The largest absolute Gasteiger partial charge is 0.497 e. The number of carbonyl (C=O) groups excluding carboxylic acids is 1. The molecular weight excluding hydrogens is 394 g/mol.